The number of halogens is 2. The van der Waals surface area contributed by atoms with Gasteiger partial charge in [0.25, 0.3) is 5.91 Å². The molecule has 3 N–H and O–H groups in total. The number of piperidine rings is 1. The van der Waals surface area contributed by atoms with Gasteiger partial charge in [0.05, 0.1) is 67.4 Å². The Morgan fingerprint density at radius 1 is 0.942 bits per heavy atom. The van der Waals surface area contributed by atoms with Gasteiger partial charge in [-0.25, -0.2) is 23.5 Å². The Bertz CT molecular complexity index is 1820. The maximum absolute atomic E-state index is 14.8. The van der Waals surface area contributed by atoms with E-state index in [0.717, 1.165) is 37.2 Å². The first kappa shape index (κ1) is 39.3. The normalized spacial score (nSPS) is 13.6. The van der Waals surface area contributed by atoms with Crippen LogP contribution in [-0.2, 0) is 17.8 Å². The summed E-state index contributed by atoms with van der Waals surface area (Å²) in [5.74, 6) is -0.00894. The summed E-state index contributed by atoms with van der Waals surface area (Å²) in [5.41, 5.74) is 7.05. The molecule has 0 bridgehead atoms. The first-order valence-electron chi connectivity index (χ1n) is 17.3. The highest BCUT2D eigenvalue weighted by Crippen LogP contribution is 2.37. The molecule has 1 fully saturated rings. The maximum atomic E-state index is 14.8. The molecule has 2 amide bonds. The number of nitrogens with two attached hydrogens (primary N) is 1. The molecular formula is C39H48F2N6O5. The number of amides is 2. The number of pyridine rings is 2. The molecule has 0 aliphatic carbocycles. The fourth-order valence-electron chi connectivity index (χ4n) is 5.89. The molecule has 2 aliphatic heterocycles. The Balaban J connectivity index is 0.000000537. The lowest BCUT2D eigenvalue weighted by Crippen LogP contribution is -2.29. The molecule has 0 atom stereocenters. The lowest BCUT2D eigenvalue weighted by molar-refractivity contribution is 0.0599. The van der Waals surface area contributed by atoms with Gasteiger partial charge in [0.1, 0.15) is 34.6 Å². The van der Waals surface area contributed by atoms with Gasteiger partial charge in [0.15, 0.2) is 0 Å². The Morgan fingerprint density at radius 3 is 2.19 bits per heavy atom. The zero-order chi connectivity index (χ0) is 38.0. The molecule has 0 radical (unpaired) electrons. The van der Waals surface area contributed by atoms with E-state index < -0.39 is 23.3 Å². The fraction of sp³-hybridized carbons (Fsp3) is 0.385. The molecule has 11 nitrogen and oxygen atoms in total. The molecule has 4 heterocycles. The van der Waals surface area contributed by atoms with Crippen LogP contribution in [0.2, 0.25) is 0 Å². The Labute approximate surface area is 304 Å². The van der Waals surface area contributed by atoms with Crippen molar-refractivity contribution in [1.82, 2.24) is 14.9 Å². The number of nitrogens with zero attached hydrogens (tertiary/aromatic N) is 4. The minimum absolute atomic E-state index is 0.0912. The summed E-state index contributed by atoms with van der Waals surface area (Å²) in [6.07, 6.45) is 4.62. The summed E-state index contributed by atoms with van der Waals surface area (Å²) < 4.78 is 45.1. The summed E-state index contributed by atoms with van der Waals surface area (Å²) in [6.45, 7) is 11.7. The number of carbonyl (C=O) groups excluding carboxylic acids is 2. The number of hydrogen-bond acceptors (Lipinski definition) is 9. The Hall–Kier alpha value is -5.46. The summed E-state index contributed by atoms with van der Waals surface area (Å²) in [7, 11) is 3.13. The van der Waals surface area contributed by atoms with E-state index in [4.69, 9.17) is 15.2 Å². The number of ether oxygens (including phenoxy) is 3. The van der Waals surface area contributed by atoms with Crippen molar-refractivity contribution < 1.29 is 32.6 Å². The van der Waals surface area contributed by atoms with Crippen LogP contribution in [0, 0.1) is 11.6 Å². The van der Waals surface area contributed by atoms with E-state index in [1.807, 2.05) is 32.0 Å². The predicted octanol–water partition coefficient (Wildman–Crippen LogP) is 8.24. The lowest BCUT2D eigenvalue weighted by Gasteiger charge is -2.28. The van der Waals surface area contributed by atoms with E-state index in [1.54, 1.807) is 58.2 Å². The average molecular weight is 719 g/mol. The van der Waals surface area contributed by atoms with E-state index >= 15 is 0 Å². The van der Waals surface area contributed by atoms with Gasteiger partial charge in [-0.3, -0.25) is 4.79 Å². The summed E-state index contributed by atoms with van der Waals surface area (Å²) in [4.78, 5) is 36.9. The number of carbonyl (C=O) groups is 2. The van der Waals surface area contributed by atoms with Crippen molar-refractivity contribution in [2.45, 2.75) is 72.6 Å². The van der Waals surface area contributed by atoms with E-state index in [0.29, 0.717) is 34.3 Å². The number of benzene rings is 2. The molecule has 2 aromatic heterocycles. The fourth-order valence-corrected chi connectivity index (χ4v) is 5.89. The number of hydrogen-bond donors (Lipinski definition) is 2. The number of rotatable bonds is 8. The first-order valence-corrected chi connectivity index (χ1v) is 17.3. The molecule has 0 unspecified atom stereocenters. The highest BCUT2D eigenvalue weighted by atomic mass is 19.1. The second kappa shape index (κ2) is 17.7. The van der Waals surface area contributed by atoms with Crippen molar-refractivity contribution >= 4 is 29.2 Å². The van der Waals surface area contributed by atoms with Gasteiger partial charge in [0, 0.05) is 24.7 Å². The highest BCUT2D eigenvalue weighted by molar-refractivity contribution is 6.04. The average Bonchev–Trinajstić information content (AvgIpc) is 3.43. The van der Waals surface area contributed by atoms with Crippen LogP contribution in [0.5, 0.6) is 11.5 Å². The molecule has 6 rings (SSSR count). The third-order valence-electron chi connectivity index (χ3n) is 8.15. The molecule has 1 saturated heterocycles. The third kappa shape index (κ3) is 9.86. The van der Waals surface area contributed by atoms with Crippen LogP contribution in [0.15, 0.2) is 60.8 Å². The minimum Gasteiger partial charge on any atom is -0.497 e. The quantitative estimate of drug-likeness (QED) is 0.185. The zero-order valence-corrected chi connectivity index (χ0v) is 30.9. The van der Waals surface area contributed by atoms with Crippen molar-refractivity contribution in [3.63, 3.8) is 0 Å². The van der Waals surface area contributed by atoms with Gasteiger partial charge in [-0.2, -0.15) is 0 Å². The van der Waals surface area contributed by atoms with Gasteiger partial charge in [-0.05, 0) is 82.5 Å². The van der Waals surface area contributed by atoms with E-state index in [1.165, 1.54) is 30.7 Å². The molecule has 2 aromatic carbocycles. The molecule has 4 aromatic rings. The van der Waals surface area contributed by atoms with E-state index in [9.17, 15) is 18.4 Å². The molecule has 52 heavy (non-hydrogen) atoms. The summed E-state index contributed by atoms with van der Waals surface area (Å²) >= 11 is 0. The van der Waals surface area contributed by atoms with Gasteiger partial charge < -0.3 is 35.1 Å². The molecule has 0 spiro atoms. The van der Waals surface area contributed by atoms with Gasteiger partial charge in [-0.15, -0.1) is 0 Å². The van der Waals surface area contributed by atoms with E-state index in [2.05, 4.69) is 24.9 Å². The standard InChI is InChI=1S/C32H31F2N5O3.C5H11NO2.C2H6/c1-41-22-11-9-20(28(15-22)42-2)18-39-19-27-31(32(39)40)26(16-25(36-27)30-23(33)7-6-8-24(30)34)37-29-12-10-21(17-35-29)38-13-4-3-5-14-38;1-5(2,3)8-4(6)7;1-2/h6-12,15-17H,3-5,13-14,18-19H2,1-2H3,(H,35,36,37);1-3H3,(H2,6,7);1-2H3. The number of anilines is 3. The predicted molar refractivity (Wildman–Crippen MR) is 198 cm³/mol. The smallest absolute Gasteiger partial charge is 0.405 e. The molecule has 0 saturated carbocycles. The number of aromatic nitrogens is 2. The Morgan fingerprint density at radius 2 is 1.63 bits per heavy atom. The van der Waals surface area contributed by atoms with Crippen molar-refractivity contribution in [3.05, 3.63) is 89.2 Å². The SMILES string of the molecule is CC.CC(C)(C)OC(N)=O.COc1ccc(CN2Cc3nc(-c4c(F)cccc4F)cc(Nc4ccc(N5CCCCC5)cn4)c3C2=O)c(OC)c1. The second-order valence-corrected chi connectivity index (χ2v) is 12.9. The molecule has 13 heteroatoms. The van der Waals surface area contributed by atoms with Crippen LogP contribution >= 0.6 is 0 Å². The maximum Gasteiger partial charge on any atom is 0.405 e. The van der Waals surface area contributed by atoms with Crippen molar-refractivity contribution in [2.75, 3.05) is 37.5 Å². The zero-order valence-electron chi connectivity index (χ0n) is 30.9. The summed E-state index contributed by atoms with van der Waals surface area (Å²) in [6, 6.07) is 14.4. The van der Waals surface area contributed by atoms with Crippen molar-refractivity contribution in [3.8, 4) is 22.8 Å². The molecule has 2 aliphatic rings. The van der Waals surface area contributed by atoms with Crippen LogP contribution in [0.3, 0.4) is 0 Å². The van der Waals surface area contributed by atoms with Gasteiger partial charge in [0.2, 0.25) is 0 Å². The lowest BCUT2D eigenvalue weighted by atomic mass is 10.1. The largest absolute Gasteiger partial charge is 0.497 e. The topological polar surface area (TPSA) is 132 Å². The van der Waals surface area contributed by atoms with Crippen LogP contribution in [0.25, 0.3) is 11.3 Å². The summed E-state index contributed by atoms with van der Waals surface area (Å²) in [5, 5.41) is 3.23. The first-order chi connectivity index (χ1) is 24.9. The molecular weight excluding hydrogens is 670 g/mol. The van der Waals surface area contributed by atoms with Gasteiger partial charge >= 0.3 is 6.09 Å². The third-order valence-corrected chi connectivity index (χ3v) is 8.15. The number of fused-ring (bicyclic) bond motifs is 1. The highest BCUT2D eigenvalue weighted by Gasteiger charge is 2.34. The van der Waals surface area contributed by atoms with Crippen molar-refractivity contribution in [1.29, 1.82) is 0 Å². The second-order valence-electron chi connectivity index (χ2n) is 12.9. The van der Waals surface area contributed by atoms with Crippen LogP contribution < -0.4 is 25.4 Å². The number of methoxy groups -OCH3 is 2. The van der Waals surface area contributed by atoms with Crippen LogP contribution in [0.1, 0.15) is 75.5 Å². The van der Waals surface area contributed by atoms with Gasteiger partial charge in [-0.1, -0.05) is 19.9 Å². The minimum atomic E-state index is -0.735. The number of nitrogens with one attached hydrogen (secondary N) is 1. The van der Waals surface area contributed by atoms with Crippen LogP contribution in [0.4, 0.5) is 30.8 Å². The van der Waals surface area contributed by atoms with Crippen molar-refractivity contribution in [2.24, 2.45) is 5.73 Å². The molecule has 278 valence electrons. The van der Waals surface area contributed by atoms with E-state index in [-0.39, 0.29) is 30.3 Å². The Kier molecular flexibility index (Phi) is 13.4. The number of primary amides is 1. The van der Waals surface area contributed by atoms with Crippen LogP contribution in [-0.4, -0.2) is 59.8 Å². The monoisotopic (exact) mass is 718 g/mol.